The summed E-state index contributed by atoms with van der Waals surface area (Å²) in [6.07, 6.45) is 3.17. The molecule has 1 aromatic carbocycles. The number of thiophene rings is 1. The fourth-order valence-electron chi connectivity index (χ4n) is 2.65. The molecule has 0 bridgehead atoms. The first-order valence-electron chi connectivity index (χ1n) is 9.04. The molecule has 0 atom stereocenters. The first-order valence-corrected chi connectivity index (χ1v) is 12.1. The number of hydrogen-bond donors (Lipinski definition) is 3. The Kier molecular flexibility index (Phi) is 6.16. The van der Waals surface area contributed by atoms with E-state index in [2.05, 4.69) is 46.2 Å². The number of hydrogen-bond acceptors (Lipinski definition) is 8. The van der Waals surface area contributed by atoms with E-state index in [0.717, 1.165) is 26.4 Å². The van der Waals surface area contributed by atoms with Crippen LogP contribution in [0.1, 0.15) is 5.56 Å². The standard InChI is InChI=1S/C20H17BrN6O2S2/c1-13-8-9-22-17(10-13)26-19-11-18(23-12-24-19)25-14-2-4-15(5-3-14)27-31(28,29)20-7-6-16(21)30-20/h2-12,27H,1H3,(H2,22,23,24,25,26). The van der Waals surface area contributed by atoms with Crippen LogP contribution in [0.5, 0.6) is 0 Å². The molecular weight excluding hydrogens is 500 g/mol. The van der Waals surface area contributed by atoms with Crippen LogP contribution in [0.3, 0.4) is 0 Å². The van der Waals surface area contributed by atoms with Gasteiger partial charge in [0, 0.05) is 23.6 Å². The number of pyridine rings is 1. The van der Waals surface area contributed by atoms with Crippen LogP contribution in [-0.4, -0.2) is 23.4 Å². The van der Waals surface area contributed by atoms with Crippen molar-refractivity contribution in [3.63, 3.8) is 0 Å². The van der Waals surface area contributed by atoms with E-state index in [-0.39, 0.29) is 4.21 Å². The Morgan fingerprint density at radius 2 is 1.52 bits per heavy atom. The molecule has 0 saturated carbocycles. The van der Waals surface area contributed by atoms with Crippen LogP contribution in [0.4, 0.5) is 28.8 Å². The Bertz CT molecular complexity index is 1310. The summed E-state index contributed by atoms with van der Waals surface area (Å²) in [6, 6.07) is 15.7. The number of aromatic nitrogens is 3. The maximum atomic E-state index is 12.4. The third kappa shape index (κ3) is 5.57. The Hall–Kier alpha value is -3.02. The minimum atomic E-state index is -3.62. The molecule has 0 amide bonds. The topological polar surface area (TPSA) is 109 Å². The van der Waals surface area contributed by atoms with Gasteiger partial charge in [-0.25, -0.2) is 23.4 Å². The molecular formula is C20H17BrN6O2S2. The molecule has 31 heavy (non-hydrogen) atoms. The number of nitrogens with zero attached hydrogens (tertiary/aromatic N) is 3. The van der Waals surface area contributed by atoms with Crippen LogP contribution in [0.25, 0.3) is 0 Å². The van der Waals surface area contributed by atoms with E-state index in [1.807, 2.05) is 19.1 Å². The maximum absolute atomic E-state index is 12.4. The average Bonchev–Trinajstić information content (AvgIpc) is 3.17. The van der Waals surface area contributed by atoms with E-state index in [1.54, 1.807) is 48.7 Å². The monoisotopic (exact) mass is 516 g/mol. The zero-order valence-electron chi connectivity index (χ0n) is 16.2. The summed E-state index contributed by atoms with van der Waals surface area (Å²) in [5, 5.41) is 6.32. The highest BCUT2D eigenvalue weighted by Gasteiger charge is 2.16. The molecule has 0 spiro atoms. The van der Waals surface area contributed by atoms with Crippen molar-refractivity contribution in [1.82, 2.24) is 15.0 Å². The van der Waals surface area contributed by atoms with Crippen LogP contribution in [0, 0.1) is 6.92 Å². The maximum Gasteiger partial charge on any atom is 0.271 e. The molecule has 158 valence electrons. The van der Waals surface area contributed by atoms with Gasteiger partial charge in [0.05, 0.1) is 3.79 Å². The van der Waals surface area contributed by atoms with E-state index in [1.165, 1.54) is 6.33 Å². The van der Waals surface area contributed by atoms with Crippen molar-refractivity contribution >= 4 is 66.1 Å². The Balaban J connectivity index is 1.43. The van der Waals surface area contributed by atoms with Crippen LogP contribution < -0.4 is 15.4 Å². The summed E-state index contributed by atoms with van der Waals surface area (Å²) >= 11 is 4.43. The number of halogens is 1. The van der Waals surface area contributed by atoms with Crippen LogP contribution >= 0.6 is 27.3 Å². The Morgan fingerprint density at radius 3 is 2.19 bits per heavy atom. The predicted molar refractivity (Wildman–Crippen MR) is 127 cm³/mol. The zero-order valence-corrected chi connectivity index (χ0v) is 19.4. The van der Waals surface area contributed by atoms with Crippen LogP contribution in [0.15, 0.2) is 75.1 Å². The summed E-state index contributed by atoms with van der Waals surface area (Å²) in [4.78, 5) is 12.7. The number of benzene rings is 1. The lowest BCUT2D eigenvalue weighted by Crippen LogP contribution is -2.11. The molecule has 0 aliphatic heterocycles. The van der Waals surface area contributed by atoms with Crippen molar-refractivity contribution in [2.45, 2.75) is 11.1 Å². The summed E-state index contributed by atoms with van der Waals surface area (Å²) in [7, 11) is -3.62. The highest BCUT2D eigenvalue weighted by molar-refractivity contribution is 9.11. The summed E-state index contributed by atoms with van der Waals surface area (Å²) in [5.41, 5.74) is 2.30. The minimum absolute atomic E-state index is 0.241. The molecule has 11 heteroatoms. The number of rotatable bonds is 7. The van der Waals surface area contributed by atoms with Crippen molar-refractivity contribution in [2.24, 2.45) is 0 Å². The second-order valence-corrected chi connectivity index (χ2v) is 10.9. The molecule has 3 heterocycles. The molecule has 4 aromatic rings. The van der Waals surface area contributed by atoms with Crippen molar-refractivity contribution < 1.29 is 8.42 Å². The predicted octanol–water partition coefficient (Wildman–Crippen LogP) is 5.29. The van der Waals surface area contributed by atoms with Gasteiger partial charge in [-0.15, -0.1) is 11.3 Å². The zero-order chi connectivity index (χ0) is 21.8. The lowest BCUT2D eigenvalue weighted by atomic mass is 10.3. The fourth-order valence-corrected chi connectivity index (χ4v) is 5.72. The van der Waals surface area contributed by atoms with Gasteiger partial charge in [0.15, 0.2) is 0 Å². The summed E-state index contributed by atoms with van der Waals surface area (Å²) in [5.74, 6) is 1.88. The average molecular weight is 517 g/mol. The van der Waals surface area contributed by atoms with Crippen molar-refractivity contribution in [2.75, 3.05) is 15.4 Å². The second kappa shape index (κ2) is 9.00. The molecule has 0 saturated heterocycles. The van der Waals surface area contributed by atoms with E-state index < -0.39 is 10.0 Å². The quantitative estimate of drug-likeness (QED) is 0.306. The van der Waals surface area contributed by atoms with Gasteiger partial charge in [0.25, 0.3) is 10.0 Å². The van der Waals surface area contributed by atoms with Crippen LogP contribution in [-0.2, 0) is 10.0 Å². The first kappa shape index (κ1) is 21.2. The smallest absolute Gasteiger partial charge is 0.271 e. The largest absolute Gasteiger partial charge is 0.340 e. The van der Waals surface area contributed by atoms with Gasteiger partial charge in [-0.1, -0.05) is 0 Å². The Labute approximate surface area is 192 Å². The van der Waals surface area contributed by atoms with Gasteiger partial charge >= 0.3 is 0 Å². The fraction of sp³-hybridized carbons (Fsp3) is 0.0500. The lowest BCUT2D eigenvalue weighted by Gasteiger charge is -2.10. The third-order valence-electron chi connectivity index (χ3n) is 4.06. The highest BCUT2D eigenvalue weighted by atomic mass is 79.9. The highest BCUT2D eigenvalue weighted by Crippen LogP contribution is 2.28. The third-order valence-corrected chi connectivity index (χ3v) is 7.56. The van der Waals surface area contributed by atoms with E-state index in [9.17, 15) is 8.42 Å². The first-order chi connectivity index (χ1) is 14.9. The number of anilines is 5. The van der Waals surface area contributed by atoms with Gasteiger partial charge in [0.1, 0.15) is 28.0 Å². The van der Waals surface area contributed by atoms with Gasteiger partial charge in [0.2, 0.25) is 0 Å². The molecule has 8 nitrogen and oxygen atoms in total. The van der Waals surface area contributed by atoms with Crippen molar-refractivity contribution in [1.29, 1.82) is 0 Å². The summed E-state index contributed by atoms with van der Waals surface area (Å²) < 4.78 is 28.4. The van der Waals surface area contributed by atoms with E-state index in [0.29, 0.717) is 23.1 Å². The number of nitrogens with one attached hydrogen (secondary N) is 3. The molecule has 0 radical (unpaired) electrons. The molecule has 0 aliphatic carbocycles. The molecule has 3 N–H and O–H groups in total. The normalized spacial score (nSPS) is 11.2. The molecule has 0 aliphatic rings. The second-order valence-electron chi connectivity index (χ2n) is 6.50. The van der Waals surface area contributed by atoms with Gasteiger partial charge in [-0.3, -0.25) is 4.72 Å². The molecule has 0 fully saturated rings. The van der Waals surface area contributed by atoms with E-state index >= 15 is 0 Å². The molecule has 4 rings (SSSR count). The van der Waals surface area contributed by atoms with Crippen molar-refractivity contribution in [3.8, 4) is 0 Å². The number of sulfonamides is 1. The van der Waals surface area contributed by atoms with Gasteiger partial charge in [-0.05, 0) is 76.9 Å². The minimum Gasteiger partial charge on any atom is -0.340 e. The van der Waals surface area contributed by atoms with Crippen molar-refractivity contribution in [3.05, 3.63) is 76.5 Å². The Morgan fingerprint density at radius 1 is 0.839 bits per heavy atom. The van der Waals surface area contributed by atoms with Crippen LogP contribution in [0.2, 0.25) is 0 Å². The lowest BCUT2D eigenvalue weighted by molar-refractivity contribution is 0.603. The van der Waals surface area contributed by atoms with Gasteiger partial charge < -0.3 is 10.6 Å². The van der Waals surface area contributed by atoms with Gasteiger partial charge in [-0.2, -0.15) is 0 Å². The SMILES string of the molecule is Cc1ccnc(Nc2cc(Nc3ccc(NS(=O)(=O)c4ccc(Br)s4)cc3)ncn2)c1. The molecule has 0 unspecified atom stereocenters. The number of aryl methyl sites for hydroxylation is 1. The van der Waals surface area contributed by atoms with E-state index in [4.69, 9.17) is 0 Å². The summed E-state index contributed by atoms with van der Waals surface area (Å²) in [6.45, 7) is 1.99. The molecule has 3 aromatic heterocycles.